The minimum absolute atomic E-state index is 0.205. The average molecular weight is 293 g/mol. The van der Waals surface area contributed by atoms with E-state index in [-0.39, 0.29) is 9.34 Å². The van der Waals surface area contributed by atoms with Gasteiger partial charge < -0.3 is 10.5 Å². The first-order chi connectivity index (χ1) is 8.47. The molecule has 0 aliphatic heterocycles. The number of rotatable bonds is 8. The number of sulfonamides is 1. The first kappa shape index (κ1) is 15.4. The van der Waals surface area contributed by atoms with Crippen LogP contribution < -0.4 is 10.5 Å². The predicted octanol–water partition coefficient (Wildman–Crippen LogP) is 1.13. The van der Waals surface area contributed by atoms with Gasteiger partial charge in [-0.05, 0) is 26.2 Å². The zero-order valence-corrected chi connectivity index (χ0v) is 12.2. The van der Waals surface area contributed by atoms with Crippen molar-refractivity contribution in [2.45, 2.75) is 30.4 Å². The fourth-order valence-corrected chi connectivity index (χ4v) is 3.89. The molecule has 0 saturated carbocycles. The molecule has 0 amide bonds. The zero-order chi connectivity index (χ0) is 13.6. The van der Waals surface area contributed by atoms with Gasteiger partial charge in [0.05, 0.1) is 5.69 Å². The van der Waals surface area contributed by atoms with Crippen molar-refractivity contribution in [3.05, 3.63) is 5.69 Å². The number of aromatic nitrogens is 1. The zero-order valence-electron chi connectivity index (χ0n) is 10.6. The summed E-state index contributed by atoms with van der Waals surface area (Å²) in [7, 11) is -1.82. The lowest BCUT2D eigenvalue weighted by molar-refractivity contribution is 0.192. The maximum atomic E-state index is 11.9. The van der Waals surface area contributed by atoms with Crippen LogP contribution >= 0.6 is 11.3 Å². The first-order valence-electron chi connectivity index (χ1n) is 5.69. The molecule has 1 rings (SSSR count). The summed E-state index contributed by atoms with van der Waals surface area (Å²) in [5.74, 6) is 0. The van der Waals surface area contributed by atoms with Gasteiger partial charge in [-0.25, -0.2) is 18.1 Å². The van der Waals surface area contributed by atoms with Crippen molar-refractivity contribution in [1.29, 1.82) is 0 Å². The summed E-state index contributed by atoms with van der Waals surface area (Å²) in [4.78, 5) is 3.91. The van der Waals surface area contributed by atoms with E-state index < -0.39 is 10.0 Å². The minimum atomic E-state index is -3.47. The van der Waals surface area contributed by atoms with Gasteiger partial charge in [-0.3, -0.25) is 0 Å². The molecule has 6 nitrogen and oxygen atoms in total. The smallest absolute Gasteiger partial charge is 0.252 e. The molecular weight excluding hydrogens is 274 g/mol. The second-order valence-corrected chi connectivity index (χ2v) is 6.87. The molecule has 0 spiro atoms. The summed E-state index contributed by atoms with van der Waals surface area (Å²) in [6.07, 6.45) is 2.65. The molecule has 0 unspecified atom stereocenters. The molecule has 0 aliphatic rings. The Morgan fingerprint density at radius 2 is 2.11 bits per heavy atom. The van der Waals surface area contributed by atoms with Crippen LogP contribution in [0.15, 0.2) is 4.21 Å². The number of nitrogen functional groups attached to an aromatic ring is 1. The highest BCUT2D eigenvalue weighted by Crippen LogP contribution is 2.24. The topological polar surface area (TPSA) is 94.3 Å². The van der Waals surface area contributed by atoms with Gasteiger partial charge in [-0.1, -0.05) is 11.3 Å². The number of nitrogens with zero attached hydrogens (tertiary/aromatic N) is 1. The summed E-state index contributed by atoms with van der Waals surface area (Å²) < 4.78 is 31.5. The molecule has 0 radical (unpaired) electrons. The molecule has 1 heterocycles. The van der Waals surface area contributed by atoms with Crippen molar-refractivity contribution < 1.29 is 13.2 Å². The summed E-state index contributed by atoms with van der Waals surface area (Å²) in [5.41, 5.74) is 5.94. The van der Waals surface area contributed by atoms with Crippen LogP contribution in [0, 0.1) is 6.92 Å². The fraction of sp³-hybridized carbons (Fsp3) is 0.700. The number of thiazole rings is 1. The molecule has 1 aromatic heterocycles. The largest absolute Gasteiger partial charge is 0.385 e. The molecule has 8 heteroatoms. The second kappa shape index (κ2) is 7.03. The number of hydrogen-bond donors (Lipinski definition) is 2. The highest BCUT2D eigenvalue weighted by atomic mass is 32.2. The van der Waals surface area contributed by atoms with Crippen molar-refractivity contribution in [3.63, 3.8) is 0 Å². The number of ether oxygens (including phenoxy) is 1. The Balaban J connectivity index is 2.43. The van der Waals surface area contributed by atoms with E-state index in [4.69, 9.17) is 10.5 Å². The Labute approximate surface area is 112 Å². The van der Waals surface area contributed by atoms with E-state index in [0.29, 0.717) is 18.8 Å². The Bertz CT molecular complexity index is 471. The van der Waals surface area contributed by atoms with Crippen LogP contribution in [-0.4, -0.2) is 33.7 Å². The molecule has 0 bridgehead atoms. The van der Waals surface area contributed by atoms with E-state index in [2.05, 4.69) is 9.71 Å². The quantitative estimate of drug-likeness (QED) is 0.701. The van der Waals surface area contributed by atoms with E-state index >= 15 is 0 Å². The van der Waals surface area contributed by atoms with Crippen LogP contribution in [-0.2, 0) is 14.8 Å². The Hall–Kier alpha value is -0.700. The standard InChI is InChI=1S/C10H19N3O3S2/c1-8-9(17-10(11)13-8)18(14,15)12-6-4-3-5-7-16-2/h12H,3-7H2,1-2H3,(H2,11,13). The van der Waals surface area contributed by atoms with Crippen LogP contribution in [0.2, 0.25) is 0 Å². The van der Waals surface area contributed by atoms with E-state index in [1.54, 1.807) is 14.0 Å². The Morgan fingerprint density at radius 3 is 2.67 bits per heavy atom. The second-order valence-electron chi connectivity index (χ2n) is 3.88. The third-order valence-electron chi connectivity index (χ3n) is 2.33. The maximum Gasteiger partial charge on any atom is 0.252 e. The molecule has 0 atom stereocenters. The molecule has 1 aromatic rings. The van der Waals surface area contributed by atoms with Crippen LogP contribution in [0.4, 0.5) is 5.13 Å². The molecule has 3 N–H and O–H groups in total. The van der Waals surface area contributed by atoms with Crippen molar-refractivity contribution in [1.82, 2.24) is 9.71 Å². The van der Waals surface area contributed by atoms with Gasteiger partial charge in [0.15, 0.2) is 9.34 Å². The van der Waals surface area contributed by atoms with Gasteiger partial charge in [0.1, 0.15) is 0 Å². The average Bonchev–Trinajstić information content (AvgIpc) is 2.63. The molecule has 0 aromatic carbocycles. The minimum Gasteiger partial charge on any atom is -0.385 e. The van der Waals surface area contributed by atoms with Gasteiger partial charge in [0.25, 0.3) is 10.0 Å². The normalized spacial score (nSPS) is 11.9. The summed E-state index contributed by atoms with van der Waals surface area (Å²) in [5, 5.41) is 0.271. The van der Waals surface area contributed by atoms with Gasteiger partial charge >= 0.3 is 0 Å². The van der Waals surface area contributed by atoms with Crippen molar-refractivity contribution in [3.8, 4) is 0 Å². The highest BCUT2D eigenvalue weighted by molar-refractivity contribution is 7.91. The molecule has 0 saturated heterocycles. The number of aryl methyl sites for hydroxylation is 1. The van der Waals surface area contributed by atoms with E-state index in [9.17, 15) is 8.42 Å². The molecule has 104 valence electrons. The van der Waals surface area contributed by atoms with Crippen LogP contribution in [0.25, 0.3) is 0 Å². The maximum absolute atomic E-state index is 11.9. The summed E-state index contributed by atoms with van der Waals surface area (Å²) >= 11 is 0.989. The summed E-state index contributed by atoms with van der Waals surface area (Å²) in [6, 6.07) is 0. The molecule has 0 fully saturated rings. The van der Waals surface area contributed by atoms with E-state index in [0.717, 1.165) is 30.6 Å². The van der Waals surface area contributed by atoms with Gasteiger partial charge in [-0.15, -0.1) is 0 Å². The lowest BCUT2D eigenvalue weighted by Crippen LogP contribution is -2.24. The number of unbranched alkanes of at least 4 members (excludes halogenated alkanes) is 2. The Kier molecular flexibility index (Phi) is 6.00. The lowest BCUT2D eigenvalue weighted by Gasteiger charge is -2.05. The van der Waals surface area contributed by atoms with Crippen LogP contribution in [0.5, 0.6) is 0 Å². The summed E-state index contributed by atoms with van der Waals surface area (Å²) in [6.45, 7) is 2.76. The number of nitrogens with one attached hydrogen (secondary N) is 1. The Morgan fingerprint density at radius 1 is 1.39 bits per heavy atom. The SMILES string of the molecule is COCCCCCNS(=O)(=O)c1sc(N)nc1C. The molecular formula is C10H19N3O3S2. The third kappa shape index (κ3) is 4.52. The lowest BCUT2D eigenvalue weighted by atomic mass is 10.2. The van der Waals surface area contributed by atoms with Gasteiger partial charge in [0.2, 0.25) is 0 Å². The van der Waals surface area contributed by atoms with E-state index in [1.807, 2.05) is 0 Å². The van der Waals surface area contributed by atoms with Gasteiger partial charge in [-0.2, -0.15) is 0 Å². The molecule has 18 heavy (non-hydrogen) atoms. The first-order valence-corrected chi connectivity index (χ1v) is 7.99. The number of hydrogen-bond acceptors (Lipinski definition) is 6. The van der Waals surface area contributed by atoms with Gasteiger partial charge in [0, 0.05) is 20.3 Å². The van der Waals surface area contributed by atoms with E-state index in [1.165, 1.54) is 0 Å². The highest BCUT2D eigenvalue weighted by Gasteiger charge is 2.20. The van der Waals surface area contributed by atoms with Crippen molar-refractivity contribution in [2.24, 2.45) is 0 Å². The van der Waals surface area contributed by atoms with Crippen LogP contribution in [0.1, 0.15) is 25.0 Å². The van der Waals surface area contributed by atoms with Crippen molar-refractivity contribution in [2.75, 3.05) is 26.0 Å². The fourth-order valence-electron chi connectivity index (χ4n) is 1.47. The van der Waals surface area contributed by atoms with Crippen molar-refractivity contribution >= 4 is 26.5 Å². The monoisotopic (exact) mass is 293 g/mol. The number of anilines is 1. The number of nitrogens with two attached hydrogens (primary N) is 1. The number of methoxy groups -OCH3 is 1. The third-order valence-corrected chi connectivity index (χ3v) is 5.39. The molecule has 0 aliphatic carbocycles. The predicted molar refractivity (Wildman–Crippen MR) is 72.2 cm³/mol. The van der Waals surface area contributed by atoms with Crippen LogP contribution in [0.3, 0.4) is 0 Å².